The van der Waals surface area contributed by atoms with Gasteiger partial charge in [0.25, 0.3) is 0 Å². The molecule has 0 aliphatic rings. The van der Waals surface area contributed by atoms with Gasteiger partial charge in [0.2, 0.25) is 0 Å². The van der Waals surface area contributed by atoms with Gasteiger partial charge in [0.15, 0.2) is 0 Å². The molecule has 0 saturated carbocycles. The molecule has 17 heavy (non-hydrogen) atoms. The maximum absolute atomic E-state index is 10.4. The van der Waals surface area contributed by atoms with E-state index in [-0.39, 0.29) is 46.2 Å². The Morgan fingerprint density at radius 3 is 1.59 bits per heavy atom. The Bertz CT molecular complexity index is 327. The van der Waals surface area contributed by atoms with E-state index in [1.807, 2.05) is 12.5 Å². The normalized spacial score (nSPS) is 7.65. The molecule has 0 aliphatic carbocycles. The van der Waals surface area contributed by atoms with Crippen LogP contribution in [-0.4, -0.2) is 69.7 Å². The van der Waals surface area contributed by atoms with E-state index in [9.17, 15) is 9.59 Å². The molecule has 0 aliphatic heterocycles. The first-order valence-electron chi connectivity index (χ1n) is 3.99. The van der Waals surface area contributed by atoms with Crippen molar-refractivity contribution in [1.82, 2.24) is 0 Å². The van der Waals surface area contributed by atoms with Gasteiger partial charge in [0, 0.05) is 0 Å². The van der Waals surface area contributed by atoms with Crippen LogP contribution in [-0.2, 0) is 0 Å². The number of aromatic carboxylic acids is 2. The summed E-state index contributed by atoms with van der Waals surface area (Å²) in [6.07, 6.45) is 4.08. The fourth-order valence-electron chi connectivity index (χ4n) is 0.785. The molecule has 7 heteroatoms. The standard InChI is InChI=1S/C8H6O4.C2H6S.Na.H2O.H/c9-7(10)5-2-1-3-6(4-5)8(11)12;1-3-2;;;/h1-4H,(H,9,10)(H,11,12);1-2H3;;1H2;. The van der Waals surface area contributed by atoms with Gasteiger partial charge in [-0.3, -0.25) is 0 Å². The minimum absolute atomic E-state index is 0. The van der Waals surface area contributed by atoms with Crippen LogP contribution in [0.3, 0.4) is 0 Å². The molecular weight excluding hydrogens is 255 g/mol. The maximum atomic E-state index is 10.4. The molecule has 1 aromatic rings. The summed E-state index contributed by atoms with van der Waals surface area (Å²) in [7, 11) is 0. The second-order valence-electron chi connectivity index (χ2n) is 2.60. The average Bonchev–Trinajstić information content (AvgIpc) is 2.19. The molecule has 0 heterocycles. The summed E-state index contributed by atoms with van der Waals surface area (Å²) < 4.78 is 0. The monoisotopic (exact) mass is 270 g/mol. The van der Waals surface area contributed by atoms with Gasteiger partial charge in [0.1, 0.15) is 0 Å². The van der Waals surface area contributed by atoms with E-state index in [0.29, 0.717) is 0 Å². The average molecular weight is 270 g/mol. The molecule has 0 amide bonds. The van der Waals surface area contributed by atoms with Crippen LogP contribution in [0.1, 0.15) is 20.7 Å². The van der Waals surface area contributed by atoms with Gasteiger partial charge in [-0.25, -0.2) is 9.59 Å². The van der Waals surface area contributed by atoms with Crippen molar-refractivity contribution in [3.63, 3.8) is 0 Å². The Balaban J connectivity index is -0.000000356. The van der Waals surface area contributed by atoms with Crippen LogP contribution in [0, 0.1) is 0 Å². The Labute approximate surface area is 126 Å². The van der Waals surface area contributed by atoms with Crippen LogP contribution in [0.4, 0.5) is 0 Å². The summed E-state index contributed by atoms with van der Waals surface area (Å²) in [5.41, 5.74) is -0.0372. The van der Waals surface area contributed by atoms with E-state index >= 15 is 0 Å². The second-order valence-corrected chi connectivity index (χ2v) is 3.42. The summed E-state index contributed by atoms with van der Waals surface area (Å²) in [5.74, 6) is -2.25. The number of thioether (sulfide) groups is 1. The third kappa shape index (κ3) is 9.20. The molecule has 0 unspecified atom stereocenters. The van der Waals surface area contributed by atoms with Crippen LogP contribution in [0.15, 0.2) is 24.3 Å². The summed E-state index contributed by atoms with van der Waals surface area (Å²) in [4.78, 5) is 20.8. The van der Waals surface area contributed by atoms with Crippen LogP contribution in [0.25, 0.3) is 0 Å². The fourth-order valence-corrected chi connectivity index (χ4v) is 0.785. The second kappa shape index (κ2) is 11.9. The Kier molecular flexibility index (Phi) is 15.3. The SMILES string of the molecule is CSC.O.O=C(O)c1cccc(C(=O)O)c1.[NaH]. The number of hydrogen-bond donors (Lipinski definition) is 2. The molecule has 0 saturated heterocycles. The molecule has 0 radical (unpaired) electrons. The number of carbonyl (C=O) groups is 2. The predicted octanol–water partition coefficient (Wildman–Crippen LogP) is 0.589. The first kappa shape index (κ1) is 21.7. The molecule has 4 N–H and O–H groups in total. The molecule has 0 spiro atoms. The molecule has 1 rings (SSSR count). The molecule has 5 nitrogen and oxygen atoms in total. The van der Waals surface area contributed by atoms with Crippen molar-refractivity contribution in [1.29, 1.82) is 0 Å². The van der Waals surface area contributed by atoms with E-state index in [4.69, 9.17) is 10.2 Å². The van der Waals surface area contributed by atoms with E-state index in [0.717, 1.165) is 6.07 Å². The van der Waals surface area contributed by atoms with Crippen molar-refractivity contribution >= 4 is 53.3 Å². The molecular formula is C10H15NaO5S. The van der Waals surface area contributed by atoms with Gasteiger partial charge >= 0.3 is 41.5 Å². The quantitative estimate of drug-likeness (QED) is 0.765. The van der Waals surface area contributed by atoms with Crippen molar-refractivity contribution in [2.24, 2.45) is 0 Å². The predicted molar refractivity (Wildman–Crippen MR) is 70.6 cm³/mol. The summed E-state index contributed by atoms with van der Waals surface area (Å²) >= 11 is 1.75. The van der Waals surface area contributed by atoms with Crippen LogP contribution < -0.4 is 0 Å². The van der Waals surface area contributed by atoms with E-state index < -0.39 is 11.9 Å². The van der Waals surface area contributed by atoms with E-state index in [1.54, 1.807) is 11.8 Å². The third-order valence-corrected chi connectivity index (χ3v) is 1.36. The van der Waals surface area contributed by atoms with Crippen molar-refractivity contribution in [3.8, 4) is 0 Å². The molecule has 0 aromatic heterocycles. The van der Waals surface area contributed by atoms with Crippen molar-refractivity contribution in [2.75, 3.05) is 12.5 Å². The summed E-state index contributed by atoms with van der Waals surface area (Å²) in [6.45, 7) is 0. The number of benzene rings is 1. The van der Waals surface area contributed by atoms with Crippen molar-refractivity contribution in [2.45, 2.75) is 0 Å². The Morgan fingerprint density at radius 2 is 1.35 bits per heavy atom. The number of carboxylic acids is 2. The fraction of sp³-hybridized carbons (Fsp3) is 0.200. The number of rotatable bonds is 2. The van der Waals surface area contributed by atoms with Crippen molar-refractivity contribution < 1.29 is 25.3 Å². The van der Waals surface area contributed by atoms with Crippen molar-refractivity contribution in [3.05, 3.63) is 35.4 Å². The molecule has 92 valence electrons. The first-order chi connectivity index (χ1) is 7.02. The van der Waals surface area contributed by atoms with Crippen LogP contribution in [0.2, 0.25) is 0 Å². The number of hydrogen-bond acceptors (Lipinski definition) is 3. The Morgan fingerprint density at radius 1 is 1.06 bits per heavy atom. The molecule has 0 bridgehead atoms. The topological polar surface area (TPSA) is 106 Å². The minimum atomic E-state index is -1.13. The Hall–Kier alpha value is -0.530. The zero-order valence-corrected chi connectivity index (χ0v) is 9.75. The van der Waals surface area contributed by atoms with Gasteiger partial charge in [-0.05, 0) is 30.7 Å². The van der Waals surface area contributed by atoms with Gasteiger partial charge < -0.3 is 15.7 Å². The summed E-state index contributed by atoms with van der Waals surface area (Å²) in [5, 5.41) is 17.0. The zero-order valence-electron chi connectivity index (χ0n) is 8.93. The van der Waals surface area contributed by atoms with Gasteiger partial charge in [0.05, 0.1) is 11.1 Å². The van der Waals surface area contributed by atoms with Gasteiger partial charge in [-0.2, -0.15) is 11.8 Å². The van der Waals surface area contributed by atoms with Gasteiger partial charge in [-0.15, -0.1) is 0 Å². The van der Waals surface area contributed by atoms with E-state index in [1.165, 1.54) is 18.2 Å². The first-order valence-corrected chi connectivity index (χ1v) is 5.63. The molecule has 0 fully saturated rings. The molecule has 1 aromatic carbocycles. The zero-order chi connectivity index (χ0) is 11.8. The van der Waals surface area contributed by atoms with E-state index in [2.05, 4.69) is 0 Å². The van der Waals surface area contributed by atoms with Crippen LogP contribution >= 0.6 is 11.8 Å². The van der Waals surface area contributed by atoms with Crippen LogP contribution in [0.5, 0.6) is 0 Å². The molecule has 0 atom stereocenters. The summed E-state index contributed by atoms with van der Waals surface area (Å²) in [6, 6.07) is 5.20. The number of carboxylic acid groups (broad SMARTS) is 2. The third-order valence-electron chi connectivity index (χ3n) is 1.36. The van der Waals surface area contributed by atoms with Gasteiger partial charge in [-0.1, -0.05) is 6.07 Å².